The molecule has 2 atom stereocenters. The Morgan fingerprint density at radius 2 is 1.52 bits per heavy atom. The van der Waals surface area contributed by atoms with Crippen LogP contribution in [0.25, 0.3) is 0 Å². The molecule has 2 heterocycles. The fourth-order valence-electron chi connectivity index (χ4n) is 3.08. The minimum atomic E-state index is 0.350. The van der Waals surface area contributed by atoms with E-state index in [-0.39, 0.29) is 0 Å². The van der Waals surface area contributed by atoms with Gasteiger partial charge in [-0.2, -0.15) is 0 Å². The second-order valence-corrected chi connectivity index (χ2v) is 7.19. The Morgan fingerprint density at radius 3 is 2.04 bits per heavy atom. The standard InChI is InChI=1S/C19H30O5Si/c25-24-19-8-2-1-7-18(19)15(5-3-9-20-11-16-13-22-16)6-4-10-21-12-17-14-23-17/h1-2,7-8,15-17H,3-6,9-14H2,25H3. The molecule has 0 spiro atoms. The molecule has 140 valence electrons. The monoisotopic (exact) mass is 366 g/mol. The van der Waals surface area contributed by atoms with E-state index in [4.69, 9.17) is 23.4 Å². The summed E-state index contributed by atoms with van der Waals surface area (Å²) in [6.45, 7) is 4.80. The van der Waals surface area contributed by atoms with Crippen molar-refractivity contribution in [2.24, 2.45) is 0 Å². The van der Waals surface area contributed by atoms with Crippen LogP contribution in [0.4, 0.5) is 0 Å². The van der Waals surface area contributed by atoms with Crippen molar-refractivity contribution in [3.63, 3.8) is 0 Å². The zero-order chi connectivity index (χ0) is 17.3. The largest absolute Gasteiger partial charge is 0.553 e. The van der Waals surface area contributed by atoms with Crippen LogP contribution in [0.3, 0.4) is 0 Å². The topological polar surface area (TPSA) is 52.8 Å². The molecule has 0 aromatic heterocycles. The maximum absolute atomic E-state index is 5.70. The predicted molar refractivity (Wildman–Crippen MR) is 99.3 cm³/mol. The van der Waals surface area contributed by atoms with E-state index in [1.807, 2.05) is 6.07 Å². The second kappa shape index (κ2) is 10.3. The highest BCUT2D eigenvalue weighted by Crippen LogP contribution is 2.33. The summed E-state index contributed by atoms with van der Waals surface area (Å²) >= 11 is 0. The van der Waals surface area contributed by atoms with Crippen molar-refractivity contribution in [3.05, 3.63) is 29.8 Å². The zero-order valence-corrected chi connectivity index (χ0v) is 17.2. The fraction of sp³-hybridized carbons (Fsp3) is 0.684. The fourth-order valence-corrected chi connectivity index (χ4v) is 3.45. The van der Waals surface area contributed by atoms with Gasteiger partial charge >= 0.3 is 0 Å². The first-order valence-electron chi connectivity index (χ1n) is 9.38. The Kier molecular flexibility index (Phi) is 7.75. The van der Waals surface area contributed by atoms with E-state index < -0.39 is 0 Å². The van der Waals surface area contributed by atoms with Crippen LogP contribution >= 0.6 is 0 Å². The molecule has 2 saturated heterocycles. The normalized spacial score (nSPS) is 22.7. The third-order valence-corrected chi connectivity index (χ3v) is 5.11. The van der Waals surface area contributed by atoms with E-state index in [1.165, 1.54) is 5.56 Å². The van der Waals surface area contributed by atoms with Crippen molar-refractivity contribution in [2.45, 2.75) is 43.8 Å². The lowest BCUT2D eigenvalue weighted by molar-refractivity contribution is 0.107. The first-order valence-corrected chi connectivity index (χ1v) is 10.2. The SMILES string of the molecule is [SiH3]Oc1ccccc1C(CCCOCC1CO1)CCCOCC1CO1. The highest BCUT2D eigenvalue weighted by Gasteiger charge is 2.23. The lowest BCUT2D eigenvalue weighted by Gasteiger charge is -2.20. The van der Waals surface area contributed by atoms with Gasteiger partial charge in [-0.25, -0.2) is 0 Å². The molecule has 0 saturated carbocycles. The van der Waals surface area contributed by atoms with Gasteiger partial charge in [-0.15, -0.1) is 0 Å². The van der Waals surface area contributed by atoms with Crippen LogP contribution in [0, 0.1) is 0 Å². The van der Waals surface area contributed by atoms with Gasteiger partial charge in [0.15, 0.2) is 0 Å². The van der Waals surface area contributed by atoms with Crippen molar-refractivity contribution in [2.75, 3.05) is 39.6 Å². The summed E-state index contributed by atoms with van der Waals surface area (Å²) < 4.78 is 27.4. The van der Waals surface area contributed by atoms with Gasteiger partial charge in [0.05, 0.1) is 26.4 Å². The second-order valence-electron chi connectivity index (χ2n) is 6.78. The number of hydrogen-bond acceptors (Lipinski definition) is 5. The van der Waals surface area contributed by atoms with Crippen LogP contribution < -0.4 is 4.43 Å². The van der Waals surface area contributed by atoms with Gasteiger partial charge < -0.3 is 23.4 Å². The summed E-state index contributed by atoms with van der Waals surface area (Å²) in [7, 11) is 0.715. The molecule has 2 aliphatic rings. The summed E-state index contributed by atoms with van der Waals surface area (Å²) in [6, 6.07) is 8.44. The van der Waals surface area contributed by atoms with E-state index in [0.717, 1.165) is 71.1 Å². The molecule has 0 aliphatic carbocycles. The van der Waals surface area contributed by atoms with Crippen LogP contribution in [-0.4, -0.2) is 62.3 Å². The van der Waals surface area contributed by atoms with Crippen molar-refractivity contribution in [1.29, 1.82) is 0 Å². The molecule has 0 bridgehead atoms. The minimum Gasteiger partial charge on any atom is -0.553 e. The maximum atomic E-state index is 5.70. The molecule has 6 heteroatoms. The Bertz CT molecular complexity index is 482. The van der Waals surface area contributed by atoms with Crippen molar-refractivity contribution >= 4 is 10.5 Å². The van der Waals surface area contributed by atoms with Gasteiger partial charge in [-0.05, 0) is 43.2 Å². The summed E-state index contributed by atoms with van der Waals surface area (Å²) in [5.41, 5.74) is 1.33. The first kappa shape index (κ1) is 18.9. The van der Waals surface area contributed by atoms with Crippen molar-refractivity contribution in [1.82, 2.24) is 0 Å². The van der Waals surface area contributed by atoms with E-state index >= 15 is 0 Å². The molecule has 2 fully saturated rings. The van der Waals surface area contributed by atoms with Crippen LogP contribution in [0.1, 0.15) is 37.2 Å². The maximum Gasteiger partial charge on any atom is 0.204 e. The number of ether oxygens (including phenoxy) is 4. The summed E-state index contributed by atoms with van der Waals surface area (Å²) in [5.74, 6) is 1.53. The van der Waals surface area contributed by atoms with Crippen LogP contribution in [0.15, 0.2) is 24.3 Å². The molecule has 2 unspecified atom stereocenters. The summed E-state index contributed by atoms with van der Waals surface area (Å²) in [4.78, 5) is 0. The van der Waals surface area contributed by atoms with Gasteiger partial charge in [0.2, 0.25) is 10.5 Å². The summed E-state index contributed by atoms with van der Waals surface area (Å²) in [6.07, 6.45) is 5.04. The van der Waals surface area contributed by atoms with Gasteiger partial charge in [-0.3, -0.25) is 0 Å². The number of hydrogen-bond donors (Lipinski definition) is 0. The average Bonchev–Trinajstić information content (AvgIpc) is 3.54. The number of rotatable bonds is 14. The van der Waals surface area contributed by atoms with Gasteiger partial charge in [0, 0.05) is 13.2 Å². The highest BCUT2D eigenvalue weighted by atomic mass is 28.2. The molecule has 0 amide bonds. The average molecular weight is 367 g/mol. The molecule has 1 aromatic rings. The van der Waals surface area contributed by atoms with Crippen molar-refractivity contribution < 1.29 is 23.4 Å². The Balaban J connectivity index is 1.43. The predicted octanol–water partition coefficient (Wildman–Crippen LogP) is 1.82. The molecule has 25 heavy (non-hydrogen) atoms. The third-order valence-electron chi connectivity index (χ3n) is 4.67. The molecule has 2 aliphatic heterocycles. The lowest BCUT2D eigenvalue weighted by Crippen LogP contribution is -2.08. The van der Waals surface area contributed by atoms with Crippen molar-refractivity contribution in [3.8, 4) is 5.75 Å². The highest BCUT2D eigenvalue weighted by molar-refractivity contribution is 6.00. The van der Waals surface area contributed by atoms with E-state index in [2.05, 4.69) is 18.2 Å². The molecule has 0 N–H and O–H groups in total. The third kappa shape index (κ3) is 7.07. The van der Waals surface area contributed by atoms with E-state index in [9.17, 15) is 0 Å². The lowest BCUT2D eigenvalue weighted by atomic mass is 9.89. The number of epoxide rings is 2. The van der Waals surface area contributed by atoms with Gasteiger partial charge in [-0.1, -0.05) is 18.2 Å². The Morgan fingerprint density at radius 1 is 0.960 bits per heavy atom. The van der Waals surface area contributed by atoms with Crippen LogP contribution in [0.5, 0.6) is 5.75 Å². The molecule has 0 radical (unpaired) electrons. The van der Waals surface area contributed by atoms with Gasteiger partial charge in [0.25, 0.3) is 0 Å². The Labute approximate surface area is 153 Å². The minimum absolute atomic E-state index is 0.350. The molecule has 5 nitrogen and oxygen atoms in total. The molecular weight excluding hydrogens is 336 g/mol. The Hall–Kier alpha value is -0.923. The number of benzene rings is 1. The van der Waals surface area contributed by atoms with Crippen LogP contribution in [-0.2, 0) is 18.9 Å². The molecule has 3 rings (SSSR count). The quantitative estimate of drug-likeness (QED) is 0.286. The molecular formula is C19H30O5Si. The molecule has 1 aromatic carbocycles. The van der Waals surface area contributed by atoms with E-state index in [0.29, 0.717) is 28.6 Å². The first-order chi connectivity index (χ1) is 12.4. The smallest absolute Gasteiger partial charge is 0.204 e. The summed E-state index contributed by atoms with van der Waals surface area (Å²) in [5, 5.41) is 0. The van der Waals surface area contributed by atoms with Crippen LogP contribution in [0.2, 0.25) is 0 Å². The zero-order valence-electron chi connectivity index (χ0n) is 15.2. The number of para-hydroxylation sites is 1. The van der Waals surface area contributed by atoms with Gasteiger partial charge in [0.1, 0.15) is 18.0 Å². The van der Waals surface area contributed by atoms with E-state index in [1.54, 1.807) is 0 Å².